The van der Waals surface area contributed by atoms with E-state index in [0.29, 0.717) is 23.7 Å². The van der Waals surface area contributed by atoms with Crippen LogP contribution in [0.1, 0.15) is 45.9 Å². The molecule has 20 heavy (non-hydrogen) atoms. The number of nitrogens with one attached hydrogen (secondary N) is 1. The minimum absolute atomic E-state index is 0.293. The van der Waals surface area contributed by atoms with Crippen LogP contribution < -0.4 is 11.1 Å². The average molecular weight is 277 g/mol. The summed E-state index contributed by atoms with van der Waals surface area (Å²) in [6.07, 6.45) is 1.25. The lowest BCUT2D eigenvalue weighted by Gasteiger charge is -2.20. The Balaban J connectivity index is 1.91. The fourth-order valence-corrected chi connectivity index (χ4v) is 2.58. The third-order valence-corrected chi connectivity index (χ3v) is 3.90. The van der Waals surface area contributed by atoms with Crippen LogP contribution in [0, 0.1) is 5.92 Å². The molecular formula is C15H27N5. The van der Waals surface area contributed by atoms with Gasteiger partial charge in [-0.2, -0.15) is 0 Å². The van der Waals surface area contributed by atoms with E-state index in [4.69, 9.17) is 5.73 Å². The highest BCUT2D eigenvalue weighted by molar-refractivity contribution is 5.45. The molecule has 0 spiro atoms. The van der Waals surface area contributed by atoms with Crippen molar-refractivity contribution in [3.63, 3.8) is 0 Å². The highest BCUT2D eigenvalue weighted by Crippen LogP contribution is 2.20. The molecular weight excluding hydrogens is 250 g/mol. The van der Waals surface area contributed by atoms with E-state index < -0.39 is 0 Å². The van der Waals surface area contributed by atoms with Gasteiger partial charge < -0.3 is 16.0 Å². The van der Waals surface area contributed by atoms with Crippen LogP contribution in [-0.4, -0.2) is 40.5 Å². The standard InChI is InChI=1S/C15H27N5/c1-10(2)15-18-13(16)7-14(19-15)17-8-12-5-6-20(9-12)11(3)4/h7,10-12H,5-6,8-9H2,1-4H3,(H3,16,17,18,19). The van der Waals surface area contributed by atoms with Gasteiger partial charge in [0.1, 0.15) is 17.5 Å². The first-order valence-corrected chi connectivity index (χ1v) is 7.58. The Hall–Kier alpha value is -1.36. The Labute approximate surface area is 122 Å². The number of aromatic nitrogens is 2. The third kappa shape index (κ3) is 3.82. The van der Waals surface area contributed by atoms with Crippen LogP contribution in [0.5, 0.6) is 0 Å². The average Bonchev–Trinajstić information content (AvgIpc) is 2.84. The molecule has 3 N–H and O–H groups in total. The number of anilines is 2. The maximum absolute atomic E-state index is 5.84. The van der Waals surface area contributed by atoms with Crippen molar-refractivity contribution in [2.45, 2.75) is 46.1 Å². The first-order valence-electron chi connectivity index (χ1n) is 7.58. The predicted octanol–water partition coefficient (Wildman–Crippen LogP) is 2.32. The first kappa shape index (κ1) is 15.0. The molecule has 0 aliphatic carbocycles. The van der Waals surface area contributed by atoms with Crippen LogP contribution in [-0.2, 0) is 0 Å². The van der Waals surface area contributed by atoms with Crippen molar-refractivity contribution < 1.29 is 0 Å². The van der Waals surface area contributed by atoms with Crippen molar-refractivity contribution in [3.05, 3.63) is 11.9 Å². The molecule has 5 nitrogen and oxygen atoms in total. The number of rotatable bonds is 5. The zero-order valence-corrected chi connectivity index (χ0v) is 13.1. The van der Waals surface area contributed by atoms with Gasteiger partial charge in [0, 0.05) is 31.1 Å². The monoisotopic (exact) mass is 277 g/mol. The van der Waals surface area contributed by atoms with Crippen LogP contribution in [0.4, 0.5) is 11.6 Å². The fourth-order valence-electron chi connectivity index (χ4n) is 2.58. The second-order valence-electron chi connectivity index (χ2n) is 6.32. The minimum Gasteiger partial charge on any atom is -0.384 e. The van der Waals surface area contributed by atoms with Gasteiger partial charge in [0.15, 0.2) is 0 Å². The maximum atomic E-state index is 5.84. The number of nitrogen functional groups attached to an aromatic ring is 1. The van der Waals surface area contributed by atoms with Crippen LogP contribution in [0.15, 0.2) is 6.07 Å². The lowest BCUT2D eigenvalue weighted by Crippen LogP contribution is -2.29. The van der Waals surface area contributed by atoms with E-state index in [-0.39, 0.29) is 0 Å². The Morgan fingerprint density at radius 3 is 2.70 bits per heavy atom. The maximum Gasteiger partial charge on any atom is 0.135 e. The van der Waals surface area contributed by atoms with Crippen LogP contribution in [0.2, 0.25) is 0 Å². The van der Waals surface area contributed by atoms with Gasteiger partial charge >= 0.3 is 0 Å². The van der Waals surface area contributed by atoms with E-state index in [1.54, 1.807) is 0 Å². The van der Waals surface area contributed by atoms with Crippen LogP contribution in [0.25, 0.3) is 0 Å². The molecule has 0 radical (unpaired) electrons. The molecule has 112 valence electrons. The topological polar surface area (TPSA) is 67.1 Å². The lowest BCUT2D eigenvalue weighted by molar-refractivity contribution is 0.266. The van der Waals surface area contributed by atoms with Gasteiger partial charge in [-0.15, -0.1) is 0 Å². The van der Waals surface area contributed by atoms with E-state index in [1.807, 2.05) is 6.07 Å². The van der Waals surface area contributed by atoms with Gasteiger partial charge in [0.25, 0.3) is 0 Å². The van der Waals surface area contributed by atoms with E-state index >= 15 is 0 Å². The molecule has 0 bridgehead atoms. The second-order valence-corrected chi connectivity index (χ2v) is 6.32. The lowest BCUT2D eigenvalue weighted by atomic mass is 10.1. The number of hydrogen-bond acceptors (Lipinski definition) is 5. The molecule has 2 heterocycles. The second kappa shape index (κ2) is 6.39. The molecule has 1 fully saturated rings. The molecule has 5 heteroatoms. The van der Waals surface area contributed by atoms with Crippen molar-refractivity contribution in [1.29, 1.82) is 0 Å². The summed E-state index contributed by atoms with van der Waals surface area (Å²) >= 11 is 0. The molecule has 1 aliphatic rings. The van der Waals surface area contributed by atoms with E-state index in [1.165, 1.54) is 19.5 Å². The minimum atomic E-state index is 0.293. The van der Waals surface area contributed by atoms with Crippen molar-refractivity contribution in [1.82, 2.24) is 14.9 Å². The zero-order chi connectivity index (χ0) is 14.7. The molecule has 1 unspecified atom stereocenters. The van der Waals surface area contributed by atoms with Crippen molar-refractivity contribution in [2.24, 2.45) is 5.92 Å². The molecule has 2 rings (SSSR count). The van der Waals surface area contributed by atoms with E-state index in [0.717, 1.165) is 18.2 Å². The normalized spacial score (nSPS) is 20.0. The molecule has 1 aromatic heterocycles. The van der Waals surface area contributed by atoms with Crippen LogP contribution in [0.3, 0.4) is 0 Å². The molecule has 1 aromatic rings. The number of hydrogen-bond donors (Lipinski definition) is 2. The van der Waals surface area contributed by atoms with E-state index in [2.05, 4.69) is 47.9 Å². The van der Waals surface area contributed by atoms with Gasteiger partial charge in [-0.1, -0.05) is 13.8 Å². The highest BCUT2D eigenvalue weighted by Gasteiger charge is 2.23. The molecule has 1 saturated heterocycles. The number of likely N-dealkylation sites (tertiary alicyclic amines) is 1. The smallest absolute Gasteiger partial charge is 0.135 e. The predicted molar refractivity (Wildman–Crippen MR) is 83.8 cm³/mol. The summed E-state index contributed by atoms with van der Waals surface area (Å²) in [6.45, 7) is 12.0. The Bertz CT molecular complexity index is 444. The van der Waals surface area contributed by atoms with E-state index in [9.17, 15) is 0 Å². The quantitative estimate of drug-likeness (QED) is 0.864. The third-order valence-electron chi connectivity index (χ3n) is 3.90. The largest absolute Gasteiger partial charge is 0.384 e. The summed E-state index contributed by atoms with van der Waals surface area (Å²) in [5.41, 5.74) is 5.84. The summed E-state index contributed by atoms with van der Waals surface area (Å²) in [5, 5.41) is 3.42. The molecule has 0 aromatic carbocycles. The summed E-state index contributed by atoms with van der Waals surface area (Å²) in [6, 6.07) is 2.46. The van der Waals surface area contributed by atoms with Crippen molar-refractivity contribution >= 4 is 11.6 Å². The number of nitrogens with zero attached hydrogens (tertiary/aromatic N) is 3. The van der Waals surface area contributed by atoms with Gasteiger partial charge in [0.05, 0.1) is 0 Å². The van der Waals surface area contributed by atoms with Gasteiger partial charge in [-0.3, -0.25) is 0 Å². The summed E-state index contributed by atoms with van der Waals surface area (Å²) in [4.78, 5) is 11.3. The van der Waals surface area contributed by atoms with Gasteiger partial charge in [-0.25, -0.2) is 9.97 Å². The highest BCUT2D eigenvalue weighted by atomic mass is 15.2. The number of nitrogens with two attached hydrogens (primary N) is 1. The van der Waals surface area contributed by atoms with Crippen molar-refractivity contribution in [2.75, 3.05) is 30.7 Å². The van der Waals surface area contributed by atoms with Crippen molar-refractivity contribution in [3.8, 4) is 0 Å². The fraction of sp³-hybridized carbons (Fsp3) is 0.733. The first-order chi connectivity index (χ1) is 9.45. The molecule has 1 atom stereocenters. The Morgan fingerprint density at radius 2 is 2.10 bits per heavy atom. The molecule has 0 amide bonds. The Kier molecular flexibility index (Phi) is 4.81. The zero-order valence-electron chi connectivity index (χ0n) is 13.1. The summed E-state index contributed by atoms with van der Waals surface area (Å²) in [7, 11) is 0. The Morgan fingerprint density at radius 1 is 1.35 bits per heavy atom. The van der Waals surface area contributed by atoms with Crippen LogP contribution >= 0.6 is 0 Å². The van der Waals surface area contributed by atoms with Gasteiger partial charge in [0.2, 0.25) is 0 Å². The molecule has 0 saturated carbocycles. The summed E-state index contributed by atoms with van der Waals surface area (Å²) < 4.78 is 0. The summed E-state index contributed by atoms with van der Waals surface area (Å²) in [5.74, 6) is 3.19. The molecule has 1 aliphatic heterocycles. The SMILES string of the molecule is CC(C)c1nc(N)cc(NCC2CCN(C(C)C)C2)n1. The van der Waals surface area contributed by atoms with Gasteiger partial charge in [-0.05, 0) is 32.7 Å².